The number of hydrogen-bond donors (Lipinski definition) is 1. The number of carbonyl (C=O) groups is 1. The molecule has 1 aromatic heterocycles. The predicted molar refractivity (Wildman–Crippen MR) is 124 cm³/mol. The van der Waals surface area contributed by atoms with Gasteiger partial charge in [-0.1, -0.05) is 48.5 Å². The van der Waals surface area contributed by atoms with Gasteiger partial charge in [-0.25, -0.2) is 4.79 Å². The monoisotopic (exact) mass is 422 g/mol. The SMILES string of the molecule is COC(=O)c1c(NC(=S)N2c3ccccc3C[C@H]2C)sc(C)c1-c1ccccc1. The Balaban J connectivity index is 1.73. The zero-order valence-corrected chi connectivity index (χ0v) is 18.2. The number of ether oxygens (including phenoxy) is 1. The van der Waals surface area contributed by atoms with E-state index in [1.54, 1.807) is 0 Å². The van der Waals surface area contributed by atoms with Gasteiger partial charge in [-0.2, -0.15) is 0 Å². The highest BCUT2D eigenvalue weighted by Crippen LogP contribution is 2.41. The Morgan fingerprint density at radius 1 is 1.17 bits per heavy atom. The van der Waals surface area contributed by atoms with Crippen molar-refractivity contribution in [2.75, 3.05) is 17.3 Å². The van der Waals surface area contributed by atoms with E-state index in [4.69, 9.17) is 17.0 Å². The molecule has 1 N–H and O–H groups in total. The molecule has 0 spiro atoms. The number of hydrogen-bond acceptors (Lipinski definition) is 4. The van der Waals surface area contributed by atoms with Gasteiger partial charge in [-0.15, -0.1) is 11.3 Å². The van der Waals surface area contributed by atoms with Crippen LogP contribution in [0.1, 0.15) is 27.7 Å². The van der Waals surface area contributed by atoms with Crippen molar-refractivity contribution in [2.45, 2.75) is 26.3 Å². The number of thiocarbonyl (C=S) groups is 1. The Kier molecular flexibility index (Phi) is 5.39. The summed E-state index contributed by atoms with van der Waals surface area (Å²) in [5.74, 6) is -0.367. The van der Waals surface area contributed by atoms with Crippen LogP contribution < -0.4 is 10.2 Å². The lowest BCUT2D eigenvalue weighted by molar-refractivity contribution is 0.0603. The first-order chi connectivity index (χ1) is 14.0. The third-order valence-corrected chi connectivity index (χ3v) is 6.50. The number of nitrogens with zero attached hydrogens (tertiary/aromatic N) is 1. The first kappa shape index (κ1) is 19.6. The van der Waals surface area contributed by atoms with Gasteiger partial charge in [-0.3, -0.25) is 0 Å². The van der Waals surface area contributed by atoms with Crippen molar-refractivity contribution in [3.8, 4) is 11.1 Å². The number of esters is 1. The molecule has 4 rings (SSSR count). The molecule has 29 heavy (non-hydrogen) atoms. The smallest absolute Gasteiger partial charge is 0.341 e. The molecule has 0 aliphatic carbocycles. The topological polar surface area (TPSA) is 41.6 Å². The van der Waals surface area contributed by atoms with Crippen LogP contribution in [-0.2, 0) is 11.2 Å². The Bertz CT molecular complexity index is 1080. The van der Waals surface area contributed by atoms with E-state index < -0.39 is 0 Å². The summed E-state index contributed by atoms with van der Waals surface area (Å²) in [5, 5.41) is 4.65. The van der Waals surface area contributed by atoms with Crippen molar-refractivity contribution in [3.63, 3.8) is 0 Å². The number of para-hydroxylation sites is 1. The number of methoxy groups -OCH3 is 1. The maximum atomic E-state index is 12.7. The zero-order valence-electron chi connectivity index (χ0n) is 16.6. The minimum atomic E-state index is -0.367. The minimum Gasteiger partial charge on any atom is -0.465 e. The molecule has 0 saturated heterocycles. The maximum absolute atomic E-state index is 12.7. The quantitative estimate of drug-likeness (QED) is 0.436. The standard InChI is InChI=1S/C23H22N2O2S2/c1-14-13-17-11-7-8-12-18(17)25(14)23(28)24-21-20(22(26)27-3)19(15(2)29-21)16-9-5-4-6-10-16/h4-12,14H,13H2,1-3H3,(H,24,28)/t14-/m1/s1. The van der Waals surface area contributed by atoms with Gasteiger partial charge >= 0.3 is 5.97 Å². The molecule has 148 valence electrons. The van der Waals surface area contributed by atoms with Gasteiger partial charge in [0.15, 0.2) is 5.11 Å². The van der Waals surface area contributed by atoms with Gasteiger partial charge in [-0.05, 0) is 49.7 Å². The normalized spacial score (nSPS) is 15.1. The van der Waals surface area contributed by atoms with E-state index in [-0.39, 0.29) is 12.0 Å². The number of rotatable bonds is 3. The zero-order chi connectivity index (χ0) is 20.5. The third-order valence-electron chi connectivity index (χ3n) is 5.18. The fourth-order valence-electron chi connectivity index (χ4n) is 3.91. The summed E-state index contributed by atoms with van der Waals surface area (Å²) in [7, 11) is 1.41. The second-order valence-electron chi connectivity index (χ2n) is 7.08. The van der Waals surface area contributed by atoms with E-state index in [0.29, 0.717) is 10.7 Å². The van der Waals surface area contributed by atoms with Crippen molar-refractivity contribution in [3.05, 3.63) is 70.6 Å². The van der Waals surface area contributed by atoms with Crippen LogP contribution in [-0.4, -0.2) is 24.2 Å². The lowest BCUT2D eigenvalue weighted by Crippen LogP contribution is -2.38. The van der Waals surface area contributed by atoms with Crippen LogP contribution in [0.15, 0.2) is 54.6 Å². The molecule has 2 aromatic carbocycles. The van der Waals surface area contributed by atoms with Crippen LogP contribution in [0, 0.1) is 6.92 Å². The number of fused-ring (bicyclic) bond motifs is 1. The first-order valence-corrected chi connectivity index (χ1v) is 10.7. The molecule has 2 heterocycles. The second kappa shape index (κ2) is 7.97. The van der Waals surface area contributed by atoms with Crippen LogP contribution in [0.4, 0.5) is 10.7 Å². The average Bonchev–Trinajstić information content (AvgIpc) is 3.23. The highest BCUT2D eigenvalue weighted by atomic mass is 32.1. The third kappa shape index (κ3) is 3.54. The fourth-order valence-corrected chi connectivity index (χ4v) is 5.42. The van der Waals surface area contributed by atoms with Crippen molar-refractivity contribution in [1.82, 2.24) is 0 Å². The van der Waals surface area contributed by atoms with E-state index in [1.807, 2.05) is 43.3 Å². The van der Waals surface area contributed by atoms with Crippen LogP contribution in [0.2, 0.25) is 0 Å². The Morgan fingerprint density at radius 2 is 1.86 bits per heavy atom. The molecule has 4 nitrogen and oxygen atoms in total. The maximum Gasteiger partial charge on any atom is 0.341 e. The summed E-state index contributed by atoms with van der Waals surface area (Å²) in [6.07, 6.45) is 0.945. The molecule has 0 radical (unpaired) electrons. The predicted octanol–water partition coefficient (Wildman–Crippen LogP) is 5.66. The molecule has 3 aromatic rings. The van der Waals surface area contributed by atoms with Crippen LogP contribution in [0.5, 0.6) is 0 Å². The van der Waals surface area contributed by atoms with Gasteiger partial charge in [0.05, 0.1) is 7.11 Å². The number of benzene rings is 2. The molecule has 1 aliphatic rings. The highest BCUT2D eigenvalue weighted by Gasteiger charge is 2.30. The lowest BCUT2D eigenvalue weighted by atomic mass is 10.0. The average molecular weight is 423 g/mol. The number of nitrogens with one attached hydrogen (secondary N) is 1. The van der Waals surface area contributed by atoms with Crippen molar-refractivity contribution in [1.29, 1.82) is 0 Å². The second-order valence-corrected chi connectivity index (χ2v) is 8.69. The molecule has 0 bridgehead atoms. The number of carbonyl (C=O) groups excluding carboxylic acids is 1. The number of anilines is 2. The van der Waals surface area contributed by atoms with Crippen LogP contribution in [0.3, 0.4) is 0 Å². The summed E-state index contributed by atoms with van der Waals surface area (Å²) < 4.78 is 5.11. The van der Waals surface area contributed by atoms with E-state index in [9.17, 15) is 4.79 Å². The van der Waals surface area contributed by atoms with Crippen LogP contribution >= 0.6 is 23.6 Å². The van der Waals surface area contributed by atoms with Crippen LogP contribution in [0.25, 0.3) is 11.1 Å². The molecular weight excluding hydrogens is 400 g/mol. The van der Waals surface area contributed by atoms with Gasteiger partial charge in [0, 0.05) is 22.2 Å². The summed E-state index contributed by atoms with van der Waals surface area (Å²) in [5.41, 5.74) is 4.81. The summed E-state index contributed by atoms with van der Waals surface area (Å²) in [6, 6.07) is 18.4. The highest BCUT2D eigenvalue weighted by molar-refractivity contribution is 7.80. The van der Waals surface area contributed by atoms with Gasteiger partial charge in [0.2, 0.25) is 0 Å². The van der Waals surface area contributed by atoms with E-state index >= 15 is 0 Å². The number of aryl methyl sites for hydroxylation is 1. The van der Waals surface area contributed by atoms with Crippen molar-refractivity contribution >= 4 is 45.3 Å². The van der Waals surface area contributed by atoms with Crippen molar-refractivity contribution < 1.29 is 9.53 Å². The summed E-state index contributed by atoms with van der Waals surface area (Å²) in [4.78, 5) is 15.9. The molecule has 0 amide bonds. The molecular formula is C23H22N2O2S2. The Morgan fingerprint density at radius 3 is 2.59 bits per heavy atom. The van der Waals surface area contributed by atoms with E-state index in [1.165, 1.54) is 24.0 Å². The van der Waals surface area contributed by atoms with Gasteiger partial charge in [0.25, 0.3) is 0 Å². The molecule has 0 unspecified atom stereocenters. The Labute approximate surface area is 180 Å². The number of thiophene rings is 1. The Hall–Kier alpha value is -2.70. The summed E-state index contributed by atoms with van der Waals surface area (Å²) in [6.45, 7) is 4.17. The van der Waals surface area contributed by atoms with Crippen molar-refractivity contribution in [2.24, 2.45) is 0 Å². The molecule has 1 atom stereocenters. The molecule has 1 aliphatic heterocycles. The van der Waals surface area contributed by atoms with Gasteiger partial charge in [0.1, 0.15) is 10.6 Å². The van der Waals surface area contributed by atoms with E-state index in [2.05, 4.69) is 35.3 Å². The van der Waals surface area contributed by atoms with E-state index in [0.717, 1.165) is 33.1 Å². The largest absolute Gasteiger partial charge is 0.465 e. The molecule has 6 heteroatoms. The fraction of sp³-hybridized carbons (Fsp3) is 0.217. The lowest BCUT2D eigenvalue weighted by Gasteiger charge is -2.26. The molecule has 0 fully saturated rings. The summed E-state index contributed by atoms with van der Waals surface area (Å²) >= 11 is 7.29. The van der Waals surface area contributed by atoms with Gasteiger partial charge < -0.3 is 15.0 Å². The minimum absolute atomic E-state index is 0.253. The molecule has 0 saturated carbocycles. The first-order valence-electron chi connectivity index (χ1n) is 9.46.